The van der Waals surface area contributed by atoms with Crippen LogP contribution in [-0.4, -0.2) is 5.88 Å². The molecule has 0 aromatic carbocycles. The van der Waals surface area contributed by atoms with Crippen LogP contribution in [0, 0.1) is 11.3 Å². The largest absolute Gasteiger partial charge is 0.126 e. The highest BCUT2D eigenvalue weighted by atomic mass is 35.5. The summed E-state index contributed by atoms with van der Waals surface area (Å²) in [4.78, 5) is 0. The van der Waals surface area contributed by atoms with Gasteiger partial charge in [-0.1, -0.05) is 26.7 Å². The minimum atomic E-state index is 0.582. The maximum absolute atomic E-state index is 5.91. The summed E-state index contributed by atoms with van der Waals surface area (Å²) in [6, 6.07) is 0. The van der Waals surface area contributed by atoms with Gasteiger partial charge in [-0.15, -0.1) is 11.6 Å². The zero-order valence-electron chi connectivity index (χ0n) is 7.70. The maximum Gasteiger partial charge on any atom is 0.0280 e. The Bertz CT molecular complexity index is 112. The van der Waals surface area contributed by atoms with E-state index in [0.29, 0.717) is 5.41 Å². The van der Waals surface area contributed by atoms with Crippen LogP contribution in [-0.2, 0) is 0 Å². The summed E-state index contributed by atoms with van der Waals surface area (Å²) in [5, 5.41) is 0. The number of alkyl halides is 1. The molecule has 1 aliphatic rings. The van der Waals surface area contributed by atoms with E-state index in [2.05, 4.69) is 13.8 Å². The van der Waals surface area contributed by atoms with Crippen molar-refractivity contribution in [1.82, 2.24) is 0 Å². The van der Waals surface area contributed by atoms with Gasteiger partial charge >= 0.3 is 0 Å². The van der Waals surface area contributed by atoms with Crippen LogP contribution in [0.15, 0.2) is 0 Å². The third-order valence-electron chi connectivity index (χ3n) is 3.12. The van der Waals surface area contributed by atoms with Gasteiger partial charge in [0, 0.05) is 5.88 Å². The molecule has 0 aliphatic heterocycles. The molecule has 0 atom stereocenters. The van der Waals surface area contributed by atoms with Crippen LogP contribution in [0.5, 0.6) is 0 Å². The monoisotopic (exact) mass is 174 g/mol. The minimum absolute atomic E-state index is 0.582. The molecule has 1 fully saturated rings. The second-order valence-electron chi connectivity index (χ2n) is 4.02. The Morgan fingerprint density at radius 2 is 1.82 bits per heavy atom. The highest BCUT2D eigenvalue weighted by Crippen LogP contribution is 2.52. The van der Waals surface area contributed by atoms with Crippen molar-refractivity contribution in [1.29, 1.82) is 0 Å². The molecule has 1 rings (SSSR count). The smallest absolute Gasteiger partial charge is 0.0280 e. The molecule has 0 aromatic heterocycles. The molecule has 1 heteroatoms. The molecule has 0 saturated heterocycles. The van der Waals surface area contributed by atoms with Crippen molar-refractivity contribution in [2.24, 2.45) is 11.3 Å². The molecule has 1 saturated carbocycles. The van der Waals surface area contributed by atoms with E-state index in [1.165, 1.54) is 32.1 Å². The Labute approximate surface area is 75.3 Å². The highest BCUT2D eigenvalue weighted by molar-refractivity contribution is 6.18. The first-order valence-corrected chi connectivity index (χ1v) is 5.35. The number of hydrogen-bond acceptors (Lipinski definition) is 0. The van der Waals surface area contributed by atoms with Crippen molar-refractivity contribution in [3.05, 3.63) is 0 Å². The molecular weight excluding hydrogens is 156 g/mol. The third-order valence-corrected chi connectivity index (χ3v) is 3.68. The molecule has 0 unspecified atom stereocenters. The first kappa shape index (κ1) is 9.38. The lowest BCUT2D eigenvalue weighted by Gasteiger charge is -2.18. The molecule has 0 radical (unpaired) electrons. The lowest BCUT2D eigenvalue weighted by molar-refractivity contribution is 0.359. The van der Waals surface area contributed by atoms with E-state index in [9.17, 15) is 0 Å². The normalized spacial score (nSPS) is 20.7. The van der Waals surface area contributed by atoms with E-state index in [0.717, 1.165) is 11.8 Å². The highest BCUT2D eigenvalue weighted by Gasteiger charge is 2.42. The van der Waals surface area contributed by atoms with Crippen LogP contribution in [0.1, 0.15) is 46.0 Å². The lowest BCUT2D eigenvalue weighted by atomic mass is 9.90. The second-order valence-corrected chi connectivity index (χ2v) is 4.29. The zero-order chi connectivity index (χ0) is 8.32. The summed E-state index contributed by atoms with van der Waals surface area (Å²) < 4.78 is 0. The lowest BCUT2D eigenvalue weighted by Crippen LogP contribution is -2.09. The van der Waals surface area contributed by atoms with Gasteiger partial charge in [-0.05, 0) is 30.6 Å². The molecule has 66 valence electrons. The molecule has 11 heavy (non-hydrogen) atoms. The molecule has 0 spiro atoms. The maximum atomic E-state index is 5.91. The Balaban J connectivity index is 2.27. The average Bonchev–Trinajstić information content (AvgIpc) is 2.81. The first-order chi connectivity index (χ1) is 5.26. The summed E-state index contributed by atoms with van der Waals surface area (Å²) in [6.45, 7) is 4.58. The van der Waals surface area contributed by atoms with Crippen molar-refractivity contribution in [2.45, 2.75) is 46.0 Å². The van der Waals surface area contributed by atoms with Gasteiger partial charge in [0.25, 0.3) is 0 Å². The Morgan fingerprint density at radius 3 is 2.09 bits per heavy atom. The summed E-state index contributed by atoms with van der Waals surface area (Å²) in [5.74, 6) is 1.82. The van der Waals surface area contributed by atoms with Gasteiger partial charge in [-0.2, -0.15) is 0 Å². The number of rotatable bonds is 5. The van der Waals surface area contributed by atoms with Crippen molar-refractivity contribution in [3.63, 3.8) is 0 Å². The van der Waals surface area contributed by atoms with Crippen molar-refractivity contribution in [3.8, 4) is 0 Å². The van der Waals surface area contributed by atoms with Crippen LogP contribution >= 0.6 is 11.6 Å². The zero-order valence-corrected chi connectivity index (χ0v) is 8.45. The molecule has 0 nitrogen and oxygen atoms in total. The molecule has 0 aromatic rings. The third kappa shape index (κ3) is 2.37. The average molecular weight is 175 g/mol. The summed E-state index contributed by atoms with van der Waals surface area (Å²) >= 11 is 5.91. The standard InChI is InChI=1S/C10H19Cl/c1-3-9(4-2)7-10(8-11)5-6-10/h9H,3-8H2,1-2H3. The predicted octanol–water partition coefficient (Wildman–Crippen LogP) is 3.83. The molecular formula is C10H19Cl. The Kier molecular flexibility index (Phi) is 3.24. The second kappa shape index (κ2) is 3.80. The molecule has 0 bridgehead atoms. The van der Waals surface area contributed by atoms with Gasteiger partial charge in [0.05, 0.1) is 0 Å². The summed E-state index contributed by atoms with van der Waals surface area (Å²) in [6.07, 6.45) is 6.80. The van der Waals surface area contributed by atoms with E-state index < -0.39 is 0 Å². The van der Waals surface area contributed by atoms with Crippen LogP contribution < -0.4 is 0 Å². The van der Waals surface area contributed by atoms with Crippen molar-refractivity contribution in [2.75, 3.05) is 5.88 Å². The van der Waals surface area contributed by atoms with Crippen molar-refractivity contribution < 1.29 is 0 Å². The molecule has 0 N–H and O–H groups in total. The summed E-state index contributed by atoms with van der Waals surface area (Å²) in [5.41, 5.74) is 0.582. The van der Waals surface area contributed by atoms with Crippen LogP contribution in [0.4, 0.5) is 0 Å². The fraction of sp³-hybridized carbons (Fsp3) is 1.00. The van der Waals surface area contributed by atoms with E-state index in [-0.39, 0.29) is 0 Å². The van der Waals surface area contributed by atoms with E-state index in [1.54, 1.807) is 0 Å². The van der Waals surface area contributed by atoms with Gasteiger partial charge in [0.1, 0.15) is 0 Å². The molecule has 0 heterocycles. The van der Waals surface area contributed by atoms with Crippen molar-refractivity contribution >= 4 is 11.6 Å². The fourth-order valence-electron chi connectivity index (χ4n) is 1.76. The fourth-order valence-corrected chi connectivity index (χ4v) is 2.14. The van der Waals surface area contributed by atoms with Crippen LogP contribution in [0.3, 0.4) is 0 Å². The summed E-state index contributed by atoms with van der Waals surface area (Å²) in [7, 11) is 0. The first-order valence-electron chi connectivity index (χ1n) is 4.82. The Hall–Kier alpha value is 0.290. The van der Waals surface area contributed by atoms with Crippen LogP contribution in [0.2, 0.25) is 0 Å². The van der Waals surface area contributed by atoms with Gasteiger partial charge in [-0.3, -0.25) is 0 Å². The minimum Gasteiger partial charge on any atom is -0.126 e. The topological polar surface area (TPSA) is 0 Å². The quantitative estimate of drug-likeness (QED) is 0.556. The number of hydrogen-bond donors (Lipinski definition) is 0. The van der Waals surface area contributed by atoms with Gasteiger partial charge < -0.3 is 0 Å². The van der Waals surface area contributed by atoms with Gasteiger partial charge in [0.2, 0.25) is 0 Å². The van der Waals surface area contributed by atoms with E-state index >= 15 is 0 Å². The molecule has 0 amide bonds. The Morgan fingerprint density at radius 1 is 1.27 bits per heavy atom. The van der Waals surface area contributed by atoms with E-state index in [4.69, 9.17) is 11.6 Å². The van der Waals surface area contributed by atoms with Crippen LogP contribution in [0.25, 0.3) is 0 Å². The molecule has 1 aliphatic carbocycles. The number of halogens is 1. The predicted molar refractivity (Wildman–Crippen MR) is 51.1 cm³/mol. The van der Waals surface area contributed by atoms with Gasteiger partial charge in [-0.25, -0.2) is 0 Å². The van der Waals surface area contributed by atoms with Gasteiger partial charge in [0.15, 0.2) is 0 Å². The SMILES string of the molecule is CCC(CC)CC1(CCl)CC1. The van der Waals surface area contributed by atoms with E-state index in [1.807, 2.05) is 0 Å².